The van der Waals surface area contributed by atoms with E-state index in [4.69, 9.17) is 4.76 Å². The zero-order chi connectivity index (χ0) is 19.9. The molecule has 0 aromatic carbocycles. The van der Waals surface area contributed by atoms with E-state index in [1.807, 2.05) is 5.03 Å². The van der Waals surface area contributed by atoms with Crippen molar-refractivity contribution in [3.63, 3.8) is 0 Å². The summed E-state index contributed by atoms with van der Waals surface area (Å²) in [5.74, 6) is 0. The normalized spacial score (nSPS) is 44.8. The molecule has 0 amide bonds. The number of nitrogens with zero attached hydrogens (tertiary/aromatic N) is 1. The van der Waals surface area contributed by atoms with E-state index in [2.05, 4.69) is 83.1 Å². The van der Waals surface area contributed by atoms with Crippen molar-refractivity contribution in [3.8, 4) is 0 Å². The topological polar surface area (TPSA) is 12.4 Å². The van der Waals surface area contributed by atoms with Crippen LogP contribution in [-0.4, -0.2) is 25.9 Å². The van der Waals surface area contributed by atoms with Crippen molar-refractivity contribution in [2.45, 2.75) is 98.3 Å². The Bertz CT molecular complexity index is 740. The van der Waals surface area contributed by atoms with Gasteiger partial charge in [-0.1, -0.05) is 91.0 Å². The SMILES string of the molecule is CC(C)(C)C1=NP2C3(C(C)(C)C)P4P=C(C(C)(C)C)P(C14)C23C(C)(C)C. The van der Waals surface area contributed by atoms with Gasteiger partial charge in [0, 0.05) is 19.2 Å². The van der Waals surface area contributed by atoms with Crippen molar-refractivity contribution in [1.29, 1.82) is 0 Å². The molecular formula is C21H37NP4. The highest BCUT2D eigenvalue weighted by molar-refractivity contribution is 8.41. The largest absolute Gasteiger partial charge is 0.267 e. The number of hydrogen-bond acceptors (Lipinski definition) is 1. The summed E-state index contributed by atoms with van der Waals surface area (Å²) in [5, 5.41) is 2.77. The minimum Gasteiger partial charge on any atom is -0.267 e. The van der Waals surface area contributed by atoms with Gasteiger partial charge in [-0.3, -0.25) is 4.76 Å². The zero-order valence-electron chi connectivity index (χ0n) is 18.8. The Hall–Kier alpha value is 1.13. The maximum atomic E-state index is 5.69. The predicted octanol–water partition coefficient (Wildman–Crippen LogP) is 8.74. The van der Waals surface area contributed by atoms with E-state index in [-0.39, 0.29) is 29.0 Å². The third kappa shape index (κ3) is 1.97. The molecule has 6 atom stereocenters. The van der Waals surface area contributed by atoms with Crippen LogP contribution >= 0.6 is 31.5 Å². The van der Waals surface area contributed by atoms with E-state index in [9.17, 15) is 0 Å². The average Bonchev–Trinajstić information content (AvgIpc) is 2.81. The van der Waals surface area contributed by atoms with E-state index in [0.717, 1.165) is 5.40 Å². The van der Waals surface area contributed by atoms with Gasteiger partial charge in [0.1, 0.15) is 0 Å². The van der Waals surface area contributed by atoms with Crippen LogP contribution in [0.15, 0.2) is 4.76 Å². The minimum atomic E-state index is -0.241. The molecule has 5 heterocycles. The van der Waals surface area contributed by atoms with Crippen LogP contribution in [-0.2, 0) is 0 Å². The van der Waals surface area contributed by atoms with Gasteiger partial charge >= 0.3 is 0 Å². The Kier molecular flexibility index (Phi) is 3.97. The molecule has 0 N–H and O–H groups in total. The Morgan fingerprint density at radius 1 is 0.769 bits per heavy atom. The van der Waals surface area contributed by atoms with Crippen LogP contribution in [0.2, 0.25) is 0 Å². The van der Waals surface area contributed by atoms with Crippen LogP contribution in [0, 0.1) is 21.7 Å². The molecule has 6 unspecified atom stereocenters. The monoisotopic (exact) mass is 427 g/mol. The molecule has 5 rings (SSSR count). The molecule has 146 valence electrons. The Morgan fingerprint density at radius 2 is 1.27 bits per heavy atom. The minimum absolute atomic E-state index is 0.0000643. The molecule has 5 aliphatic heterocycles. The van der Waals surface area contributed by atoms with E-state index < -0.39 is 0 Å². The highest BCUT2D eigenvalue weighted by atomic mass is 32.0. The van der Waals surface area contributed by atoms with Crippen molar-refractivity contribution in [1.82, 2.24) is 0 Å². The van der Waals surface area contributed by atoms with Crippen LogP contribution < -0.4 is 0 Å². The fraction of sp³-hybridized carbons (Fsp3) is 0.905. The second kappa shape index (κ2) is 5.06. The van der Waals surface area contributed by atoms with Gasteiger partial charge in [-0.25, -0.2) is 0 Å². The summed E-state index contributed by atoms with van der Waals surface area (Å²) in [4.78, 5) is 1.06. The molecule has 0 aliphatic carbocycles. The van der Waals surface area contributed by atoms with Gasteiger partial charge in [-0.2, -0.15) is 0 Å². The lowest BCUT2D eigenvalue weighted by atomic mass is 9.80. The van der Waals surface area contributed by atoms with Crippen molar-refractivity contribution in [2.75, 3.05) is 0 Å². The summed E-state index contributed by atoms with van der Waals surface area (Å²) in [6.07, 6.45) is 0. The van der Waals surface area contributed by atoms with Crippen LogP contribution in [0.25, 0.3) is 0 Å². The summed E-state index contributed by atoms with van der Waals surface area (Å²) >= 11 is 0. The maximum Gasteiger partial charge on any atom is 0.0610 e. The summed E-state index contributed by atoms with van der Waals surface area (Å²) < 4.78 is 5.69. The fourth-order valence-corrected chi connectivity index (χ4v) is 35.3. The van der Waals surface area contributed by atoms with Gasteiger partial charge in [0.05, 0.1) is 15.2 Å². The molecule has 0 radical (unpaired) electrons. The first-order valence-corrected chi connectivity index (χ1v) is 15.7. The van der Waals surface area contributed by atoms with Crippen molar-refractivity contribution < 1.29 is 0 Å². The lowest BCUT2D eigenvalue weighted by Crippen LogP contribution is -2.42. The number of hydrogen-bond donors (Lipinski definition) is 0. The predicted molar refractivity (Wildman–Crippen MR) is 127 cm³/mol. The van der Waals surface area contributed by atoms with E-state index in [1.165, 1.54) is 0 Å². The van der Waals surface area contributed by atoms with Crippen LogP contribution in [0.3, 0.4) is 0 Å². The van der Waals surface area contributed by atoms with Crippen molar-refractivity contribution in [3.05, 3.63) is 0 Å². The lowest BCUT2D eigenvalue weighted by molar-refractivity contribution is 0.295. The van der Waals surface area contributed by atoms with Gasteiger partial charge in [-0.15, -0.1) is 0 Å². The molecular weight excluding hydrogens is 390 g/mol. The van der Waals surface area contributed by atoms with Crippen molar-refractivity contribution in [2.24, 2.45) is 26.4 Å². The van der Waals surface area contributed by atoms with Gasteiger partial charge in [0.2, 0.25) is 0 Å². The molecule has 2 saturated heterocycles. The third-order valence-corrected chi connectivity index (χ3v) is 26.7. The lowest BCUT2D eigenvalue weighted by Gasteiger charge is -2.45. The van der Waals surface area contributed by atoms with Crippen LogP contribution in [0.1, 0.15) is 83.1 Å². The summed E-state index contributed by atoms with van der Waals surface area (Å²) in [6, 6.07) is 0. The fourth-order valence-electron chi connectivity index (χ4n) is 5.84. The molecule has 5 heteroatoms. The summed E-state index contributed by atoms with van der Waals surface area (Å²) in [7, 11) is 1.45. The van der Waals surface area contributed by atoms with Gasteiger partial charge in [0.15, 0.2) is 0 Å². The van der Waals surface area contributed by atoms with E-state index in [0.29, 0.717) is 26.0 Å². The molecule has 0 spiro atoms. The van der Waals surface area contributed by atoms with E-state index in [1.54, 1.807) is 13.6 Å². The maximum absolute atomic E-state index is 5.69. The standard InChI is InChI=1S/C21H37NP4/c1-16(2,3)13-14-24-15(17(4,5)6)23-25(14)21(19(10,11)12)20(24,18(7,8)9)26(21)22-13/h14H,1-12H3. The van der Waals surface area contributed by atoms with Crippen molar-refractivity contribution >= 4 is 42.2 Å². The van der Waals surface area contributed by atoms with Crippen LogP contribution in [0.5, 0.6) is 0 Å². The summed E-state index contributed by atoms with van der Waals surface area (Å²) in [5.41, 5.74) is 2.98. The van der Waals surface area contributed by atoms with Gasteiger partial charge in [-0.05, 0) is 36.8 Å². The Labute approximate surface area is 167 Å². The molecule has 5 aliphatic rings. The molecule has 2 fully saturated rings. The molecule has 0 aromatic rings. The molecule has 6 bridgehead atoms. The molecule has 0 aromatic heterocycles. The first-order valence-electron chi connectivity index (χ1n) is 10.0. The van der Waals surface area contributed by atoms with Gasteiger partial charge in [0.25, 0.3) is 0 Å². The molecule has 0 saturated carbocycles. The average molecular weight is 427 g/mol. The molecule has 26 heavy (non-hydrogen) atoms. The van der Waals surface area contributed by atoms with Gasteiger partial charge < -0.3 is 0 Å². The first kappa shape index (κ1) is 20.4. The Morgan fingerprint density at radius 3 is 1.65 bits per heavy atom. The summed E-state index contributed by atoms with van der Waals surface area (Å²) in [6.45, 7) is 30.1. The van der Waals surface area contributed by atoms with Crippen LogP contribution in [0.4, 0.5) is 0 Å². The Balaban J connectivity index is 2.03. The quantitative estimate of drug-likeness (QED) is 0.343. The zero-order valence-corrected chi connectivity index (χ0v) is 22.4. The highest BCUT2D eigenvalue weighted by Gasteiger charge is 2.97. The smallest absolute Gasteiger partial charge is 0.0610 e. The second-order valence-electron chi connectivity index (χ2n) is 12.7. The first-order chi connectivity index (χ1) is 11.4. The second-order valence-corrected chi connectivity index (χ2v) is 23.1. The third-order valence-electron chi connectivity index (χ3n) is 6.62. The number of rotatable bonds is 0. The molecule has 1 nitrogen and oxygen atoms in total. The highest BCUT2D eigenvalue weighted by Crippen LogP contribution is 3.20. The van der Waals surface area contributed by atoms with E-state index >= 15 is 0 Å².